The summed E-state index contributed by atoms with van der Waals surface area (Å²) in [7, 11) is 2.18. The van der Waals surface area contributed by atoms with Crippen LogP contribution in [0.25, 0.3) is 0 Å². The Morgan fingerprint density at radius 3 is 2.19 bits per heavy atom. The number of rotatable bonds is 6. The lowest BCUT2D eigenvalue weighted by molar-refractivity contribution is -0.137. The summed E-state index contributed by atoms with van der Waals surface area (Å²) in [6.07, 6.45) is 1.80. The summed E-state index contributed by atoms with van der Waals surface area (Å²) in [6.45, 7) is 8.43. The van der Waals surface area contributed by atoms with E-state index in [4.69, 9.17) is 0 Å². The number of guanidine groups is 1. The van der Waals surface area contributed by atoms with Crippen LogP contribution in [0.3, 0.4) is 0 Å². The topological polar surface area (TPSA) is 42.9 Å². The molecule has 0 bridgehead atoms. The molecule has 2 heterocycles. The van der Waals surface area contributed by atoms with Gasteiger partial charge in [-0.15, -0.1) is 24.0 Å². The molecule has 2 fully saturated rings. The van der Waals surface area contributed by atoms with Crippen molar-refractivity contribution in [2.24, 2.45) is 4.99 Å². The molecule has 1 aromatic carbocycles. The maximum absolute atomic E-state index is 12.8. The molecular weight excluding hydrogens is 530 g/mol. The van der Waals surface area contributed by atoms with E-state index in [1.54, 1.807) is 0 Å². The van der Waals surface area contributed by atoms with Crippen LogP contribution in [0.1, 0.15) is 50.2 Å². The molecule has 0 radical (unpaired) electrons. The molecule has 182 valence electrons. The minimum absolute atomic E-state index is 0. The van der Waals surface area contributed by atoms with Gasteiger partial charge in [-0.1, -0.05) is 18.6 Å². The number of alkyl halides is 3. The van der Waals surface area contributed by atoms with E-state index in [0.29, 0.717) is 6.54 Å². The Hall–Kier alpha value is -1.07. The zero-order valence-electron chi connectivity index (χ0n) is 19.2. The van der Waals surface area contributed by atoms with E-state index in [9.17, 15) is 13.2 Å². The molecule has 0 aliphatic carbocycles. The maximum atomic E-state index is 12.8. The molecule has 0 amide bonds. The number of hydrogen-bond donors (Lipinski definition) is 2. The van der Waals surface area contributed by atoms with E-state index in [-0.39, 0.29) is 29.5 Å². The van der Waals surface area contributed by atoms with Gasteiger partial charge in [-0.3, -0.25) is 4.90 Å². The Kier molecular flexibility index (Phi) is 10.5. The van der Waals surface area contributed by atoms with E-state index in [1.807, 2.05) is 6.92 Å². The second-order valence-corrected chi connectivity index (χ2v) is 8.82. The van der Waals surface area contributed by atoms with Crippen LogP contribution in [0, 0.1) is 0 Å². The van der Waals surface area contributed by atoms with Crippen molar-refractivity contribution in [1.82, 2.24) is 20.4 Å². The number of aliphatic imine (C=N–C) groups is 1. The first kappa shape index (κ1) is 27.2. The van der Waals surface area contributed by atoms with Gasteiger partial charge in [0.1, 0.15) is 0 Å². The minimum Gasteiger partial charge on any atom is -0.357 e. The van der Waals surface area contributed by atoms with Gasteiger partial charge in [0.15, 0.2) is 5.96 Å². The highest BCUT2D eigenvalue weighted by Gasteiger charge is 2.39. The van der Waals surface area contributed by atoms with Gasteiger partial charge in [-0.05, 0) is 83.5 Å². The van der Waals surface area contributed by atoms with Crippen molar-refractivity contribution in [3.8, 4) is 0 Å². The van der Waals surface area contributed by atoms with Crippen molar-refractivity contribution in [2.75, 3.05) is 46.3 Å². The molecule has 3 rings (SSSR count). The number of piperidine rings is 2. The van der Waals surface area contributed by atoms with Crippen LogP contribution in [0.5, 0.6) is 0 Å². The fourth-order valence-corrected chi connectivity index (χ4v) is 4.57. The van der Waals surface area contributed by atoms with Crippen LogP contribution in [0.15, 0.2) is 29.3 Å². The van der Waals surface area contributed by atoms with Crippen molar-refractivity contribution in [2.45, 2.75) is 57.3 Å². The third kappa shape index (κ3) is 7.48. The Morgan fingerprint density at radius 1 is 1.00 bits per heavy atom. The normalized spacial score (nSPS) is 20.5. The molecule has 2 saturated heterocycles. The smallest absolute Gasteiger partial charge is 0.357 e. The predicted molar refractivity (Wildman–Crippen MR) is 135 cm³/mol. The van der Waals surface area contributed by atoms with Gasteiger partial charge >= 0.3 is 6.18 Å². The molecule has 1 aromatic rings. The SMILES string of the molecule is CCNC(=NCc1ccc(C(F)(F)F)cc1)NCC1(N2CCCCC2)CCN(C)CC1.I. The summed E-state index contributed by atoms with van der Waals surface area (Å²) in [6, 6.07) is 5.24. The highest BCUT2D eigenvalue weighted by Crippen LogP contribution is 2.31. The van der Waals surface area contributed by atoms with Crippen LogP contribution in [0.4, 0.5) is 13.2 Å². The molecule has 0 spiro atoms. The largest absolute Gasteiger partial charge is 0.416 e. The van der Waals surface area contributed by atoms with Crippen LogP contribution in [0.2, 0.25) is 0 Å². The first-order valence-electron chi connectivity index (χ1n) is 11.4. The predicted octanol–water partition coefficient (Wildman–Crippen LogP) is 4.33. The first-order chi connectivity index (χ1) is 14.8. The molecule has 0 atom stereocenters. The molecule has 0 unspecified atom stereocenters. The minimum atomic E-state index is -4.31. The number of nitrogens with zero attached hydrogens (tertiary/aromatic N) is 3. The van der Waals surface area contributed by atoms with Gasteiger partial charge in [0, 0.05) is 18.6 Å². The van der Waals surface area contributed by atoms with Crippen LogP contribution >= 0.6 is 24.0 Å². The summed E-state index contributed by atoms with van der Waals surface area (Å²) in [4.78, 5) is 9.71. The zero-order chi connectivity index (χ0) is 22.3. The fraction of sp³-hybridized carbons (Fsp3) is 0.696. The van der Waals surface area contributed by atoms with E-state index in [0.717, 1.165) is 75.8 Å². The van der Waals surface area contributed by atoms with Gasteiger partial charge in [0.2, 0.25) is 0 Å². The van der Waals surface area contributed by atoms with Crippen molar-refractivity contribution in [3.05, 3.63) is 35.4 Å². The highest BCUT2D eigenvalue weighted by atomic mass is 127. The van der Waals surface area contributed by atoms with Crippen molar-refractivity contribution >= 4 is 29.9 Å². The lowest BCUT2D eigenvalue weighted by Gasteiger charge is -2.50. The van der Waals surface area contributed by atoms with Gasteiger partial charge in [0.25, 0.3) is 0 Å². The van der Waals surface area contributed by atoms with E-state index in [1.165, 1.54) is 31.4 Å². The average molecular weight is 567 g/mol. The molecule has 9 heteroatoms. The molecule has 0 saturated carbocycles. The second kappa shape index (κ2) is 12.4. The molecule has 0 aromatic heterocycles. The van der Waals surface area contributed by atoms with Crippen LogP contribution < -0.4 is 10.6 Å². The first-order valence-corrected chi connectivity index (χ1v) is 11.4. The summed E-state index contributed by atoms with van der Waals surface area (Å²) >= 11 is 0. The van der Waals surface area contributed by atoms with Crippen LogP contribution in [-0.2, 0) is 12.7 Å². The lowest BCUT2D eigenvalue weighted by Crippen LogP contribution is -2.62. The number of nitrogens with one attached hydrogen (secondary N) is 2. The molecule has 2 aliphatic heterocycles. The summed E-state index contributed by atoms with van der Waals surface area (Å²) < 4.78 is 38.3. The maximum Gasteiger partial charge on any atom is 0.416 e. The standard InChI is InChI=1S/C23H36F3N5.HI/c1-3-27-21(28-17-19-7-9-20(10-8-19)23(24,25)26)29-18-22(11-15-30(2)16-12-22)31-13-5-4-6-14-31;/h7-10H,3-6,11-18H2,1-2H3,(H2,27,28,29);1H. The Labute approximate surface area is 207 Å². The molecule has 5 nitrogen and oxygen atoms in total. The summed E-state index contributed by atoms with van der Waals surface area (Å²) in [5.41, 5.74) is 0.267. The van der Waals surface area contributed by atoms with Gasteiger partial charge in [0.05, 0.1) is 12.1 Å². The molecule has 32 heavy (non-hydrogen) atoms. The van der Waals surface area contributed by atoms with Crippen molar-refractivity contribution in [1.29, 1.82) is 0 Å². The van der Waals surface area contributed by atoms with E-state index < -0.39 is 11.7 Å². The quantitative estimate of drug-likeness (QED) is 0.305. The van der Waals surface area contributed by atoms with Crippen molar-refractivity contribution < 1.29 is 13.2 Å². The van der Waals surface area contributed by atoms with E-state index in [2.05, 4.69) is 32.5 Å². The van der Waals surface area contributed by atoms with Crippen molar-refractivity contribution in [3.63, 3.8) is 0 Å². The summed E-state index contributed by atoms with van der Waals surface area (Å²) in [5, 5.41) is 6.83. The van der Waals surface area contributed by atoms with Gasteiger partial charge < -0.3 is 15.5 Å². The number of likely N-dealkylation sites (tertiary alicyclic amines) is 2. The monoisotopic (exact) mass is 567 g/mol. The van der Waals surface area contributed by atoms with Gasteiger partial charge in [-0.25, -0.2) is 4.99 Å². The Balaban J connectivity index is 0.00000363. The van der Waals surface area contributed by atoms with Gasteiger partial charge in [-0.2, -0.15) is 13.2 Å². The van der Waals surface area contributed by atoms with E-state index >= 15 is 0 Å². The fourth-order valence-electron chi connectivity index (χ4n) is 4.57. The summed E-state index contributed by atoms with van der Waals surface area (Å²) in [5.74, 6) is 0.720. The number of halogens is 4. The Morgan fingerprint density at radius 2 is 1.62 bits per heavy atom. The molecule has 2 N–H and O–H groups in total. The molecule has 2 aliphatic rings. The number of benzene rings is 1. The van der Waals surface area contributed by atoms with Crippen LogP contribution in [-0.4, -0.2) is 67.6 Å². The molecular formula is C23H37F3IN5. The second-order valence-electron chi connectivity index (χ2n) is 8.82. The Bertz CT molecular complexity index is 709. The average Bonchev–Trinajstić information content (AvgIpc) is 2.77. The lowest BCUT2D eigenvalue weighted by atomic mass is 9.84. The third-order valence-electron chi connectivity index (χ3n) is 6.57. The highest BCUT2D eigenvalue weighted by molar-refractivity contribution is 14.0. The third-order valence-corrected chi connectivity index (χ3v) is 6.57. The zero-order valence-corrected chi connectivity index (χ0v) is 21.5. The number of hydrogen-bond acceptors (Lipinski definition) is 3.